The van der Waals surface area contributed by atoms with Gasteiger partial charge in [0.05, 0.1) is 21.8 Å². The summed E-state index contributed by atoms with van der Waals surface area (Å²) in [6.45, 7) is 3.44. The van der Waals surface area contributed by atoms with Gasteiger partial charge in [0.2, 0.25) is 0 Å². The van der Waals surface area contributed by atoms with Gasteiger partial charge in [-0.05, 0) is 25.5 Å². The summed E-state index contributed by atoms with van der Waals surface area (Å²) < 4.78 is 0. The lowest BCUT2D eigenvalue weighted by Crippen LogP contribution is -2.28. The Morgan fingerprint density at radius 2 is 2.00 bits per heavy atom. The fraction of sp³-hybridized carbons (Fsp3) is 0.200. The molecule has 0 fully saturated rings. The Morgan fingerprint density at radius 3 is 2.59 bits per heavy atom. The number of nitrogens with zero attached hydrogens (tertiary/aromatic N) is 1. The first-order chi connectivity index (χ1) is 10.4. The molecule has 5 nitrogen and oxygen atoms in total. The summed E-state index contributed by atoms with van der Waals surface area (Å²) in [5, 5.41) is 25.1. The number of carbonyl (C=O) groups is 1. The zero-order chi connectivity index (χ0) is 16.4. The summed E-state index contributed by atoms with van der Waals surface area (Å²) in [6, 6.07) is 5.03. The van der Waals surface area contributed by atoms with Crippen molar-refractivity contribution < 1.29 is 15.1 Å². The van der Waals surface area contributed by atoms with Crippen LogP contribution in [-0.4, -0.2) is 22.5 Å². The Labute approximate surface area is 137 Å². The van der Waals surface area contributed by atoms with Gasteiger partial charge in [0, 0.05) is 22.9 Å². The number of carboxylic acid groups (broad SMARTS) is 1. The molecule has 0 saturated carbocycles. The number of aliphatic carboxylic acids is 1. The van der Waals surface area contributed by atoms with E-state index in [0.717, 1.165) is 0 Å². The second-order valence-corrected chi connectivity index (χ2v) is 5.65. The van der Waals surface area contributed by atoms with Crippen molar-refractivity contribution >= 4 is 35.4 Å². The molecular weight excluding hydrogens is 327 g/mol. The third-order valence-corrected chi connectivity index (χ3v) is 4.36. The molecular formula is C15H14Cl2N2O3. The second kappa shape index (κ2) is 6.42. The molecule has 1 unspecified atom stereocenters. The highest BCUT2D eigenvalue weighted by atomic mass is 35.5. The van der Waals surface area contributed by atoms with Gasteiger partial charge in [-0.2, -0.15) is 0 Å². The maximum absolute atomic E-state index is 11.7. The van der Waals surface area contributed by atoms with Crippen LogP contribution in [-0.2, 0) is 4.79 Å². The van der Waals surface area contributed by atoms with Crippen molar-refractivity contribution in [2.75, 3.05) is 0 Å². The SMILES string of the molecule is CC1=C(/C=N\O)C(c2cccc(Cl)c2Cl)C(C(=O)O)=C(C)N1. The number of hydrogen-bond donors (Lipinski definition) is 3. The lowest BCUT2D eigenvalue weighted by Gasteiger charge is -2.29. The molecule has 1 aliphatic heterocycles. The normalized spacial score (nSPS) is 18.8. The molecule has 3 N–H and O–H groups in total. The third kappa shape index (κ3) is 2.82. The average molecular weight is 341 g/mol. The number of dihydropyridines is 1. The van der Waals surface area contributed by atoms with Crippen LogP contribution in [0.2, 0.25) is 10.0 Å². The minimum atomic E-state index is -1.08. The number of benzene rings is 1. The summed E-state index contributed by atoms with van der Waals surface area (Å²) in [5.74, 6) is -1.76. The summed E-state index contributed by atoms with van der Waals surface area (Å²) in [7, 11) is 0. The van der Waals surface area contributed by atoms with E-state index in [1.807, 2.05) is 0 Å². The first kappa shape index (κ1) is 16.4. The van der Waals surface area contributed by atoms with Crippen molar-refractivity contribution in [2.24, 2.45) is 5.16 Å². The van der Waals surface area contributed by atoms with E-state index in [2.05, 4.69) is 10.5 Å². The van der Waals surface area contributed by atoms with E-state index in [1.54, 1.807) is 32.0 Å². The molecule has 1 atom stereocenters. The smallest absolute Gasteiger partial charge is 0.334 e. The number of allylic oxidation sites excluding steroid dienone is 3. The molecule has 7 heteroatoms. The van der Waals surface area contributed by atoms with Crippen LogP contribution in [0.4, 0.5) is 0 Å². The van der Waals surface area contributed by atoms with Gasteiger partial charge in [-0.1, -0.05) is 40.5 Å². The van der Waals surface area contributed by atoms with Crippen LogP contribution in [0.1, 0.15) is 25.3 Å². The first-order valence-corrected chi connectivity index (χ1v) is 7.17. The quantitative estimate of drug-likeness (QED) is 0.444. The van der Waals surface area contributed by atoms with Gasteiger partial charge in [-0.3, -0.25) is 0 Å². The molecule has 2 rings (SSSR count). The van der Waals surface area contributed by atoms with Gasteiger partial charge < -0.3 is 15.6 Å². The van der Waals surface area contributed by atoms with Crippen LogP contribution in [0.3, 0.4) is 0 Å². The number of halogens is 2. The van der Waals surface area contributed by atoms with E-state index in [0.29, 0.717) is 27.6 Å². The van der Waals surface area contributed by atoms with E-state index < -0.39 is 11.9 Å². The van der Waals surface area contributed by atoms with E-state index in [1.165, 1.54) is 6.21 Å². The lowest BCUT2D eigenvalue weighted by atomic mass is 9.81. The molecule has 0 saturated heterocycles. The van der Waals surface area contributed by atoms with Crippen LogP contribution in [0.15, 0.2) is 45.9 Å². The van der Waals surface area contributed by atoms with E-state index in [-0.39, 0.29) is 10.6 Å². The van der Waals surface area contributed by atoms with Crippen molar-refractivity contribution in [2.45, 2.75) is 19.8 Å². The van der Waals surface area contributed by atoms with Gasteiger partial charge in [0.1, 0.15) is 0 Å². The molecule has 0 bridgehead atoms. The van der Waals surface area contributed by atoms with E-state index >= 15 is 0 Å². The maximum Gasteiger partial charge on any atom is 0.334 e. The van der Waals surface area contributed by atoms with E-state index in [9.17, 15) is 9.90 Å². The minimum absolute atomic E-state index is 0.129. The predicted molar refractivity (Wildman–Crippen MR) is 85.7 cm³/mol. The van der Waals surface area contributed by atoms with Crippen LogP contribution in [0.5, 0.6) is 0 Å². The Balaban J connectivity index is 2.75. The highest BCUT2D eigenvalue weighted by molar-refractivity contribution is 6.42. The van der Waals surface area contributed by atoms with Crippen LogP contribution < -0.4 is 5.32 Å². The Bertz CT molecular complexity index is 723. The predicted octanol–water partition coefficient (Wildman–Crippen LogP) is 3.77. The Morgan fingerprint density at radius 1 is 1.32 bits per heavy atom. The van der Waals surface area contributed by atoms with Crippen molar-refractivity contribution in [3.8, 4) is 0 Å². The van der Waals surface area contributed by atoms with Gasteiger partial charge >= 0.3 is 5.97 Å². The van der Waals surface area contributed by atoms with Crippen LogP contribution in [0, 0.1) is 0 Å². The Kier molecular flexibility index (Phi) is 4.78. The first-order valence-electron chi connectivity index (χ1n) is 6.41. The summed E-state index contributed by atoms with van der Waals surface area (Å²) >= 11 is 12.3. The minimum Gasteiger partial charge on any atom is -0.478 e. The number of carboxylic acids is 1. The lowest BCUT2D eigenvalue weighted by molar-refractivity contribution is -0.133. The van der Waals surface area contributed by atoms with E-state index in [4.69, 9.17) is 28.4 Å². The largest absolute Gasteiger partial charge is 0.478 e. The summed E-state index contributed by atoms with van der Waals surface area (Å²) in [5.41, 5.74) is 2.36. The highest BCUT2D eigenvalue weighted by Gasteiger charge is 2.34. The van der Waals surface area contributed by atoms with Gasteiger partial charge in [0.15, 0.2) is 0 Å². The fourth-order valence-electron chi connectivity index (χ4n) is 2.59. The monoisotopic (exact) mass is 340 g/mol. The van der Waals surface area contributed by atoms with Gasteiger partial charge in [-0.15, -0.1) is 0 Å². The second-order valence-electron chi connectivity index (χ2n) is 4.87. The molecule has 0 spiro atoms. The number of nitrogens with one attached hydrogen (secondary N) is 1. The highest BCUT2D eigenvalue weighted by Crippen LogP contribution is 2.42. The topological polar surface area (TPSA) is 81.9 Å². The van der Waals surface area contributed by atoms with Crippen LogP contribution >= 0.6 is 23.2 Å². The van der Waals surface area contributed by atoms with Gasteiger partial charge in [-0.25, -0.2) is 4.79 Å². The molecule has 1 aliphatic rings. The summed E-state index contributed by atoms with van der Waals surface area (Å²) in [4.78, 5) is 11.7. The Hall–Kier alpha value is -1.98. The summed E-state index contributed by atoms with van der Waals surface area (Å²) in [6.07, 6.45) is 1.21. The van der Waals surface area contributed by atoms with Crippen molar-refractivity contribution in [3.05, 3.63) is 56.3 Å². The van der Waals surface area contributed by atoms with Gasteiger partial charge in [0.25, 0.3) is 0 Å². The number of oxime groups is 1. The molecule has 0 aromatic heterocycles. The zero-order valence-corrected chi connectivity index (χ0v) is 13.4. The number of hydrogen-bond acceptors (Lipinski definition) is 4. The molecule has 1 aromatic carbocycles. The molecule has 1 aromatic rings. The average Bonchev–Trinajstić information content (AvgIpc) is 2.44. The number of rotatable bonds is 3. The standard InChI is InChI=1S/C15H14Cl2N2O3/c1-7-10(6-18-22)13(12(15(20)21)8(2)19-7)9-4-3-5-11(16)14(9)17/h3-6,13,19,22H,1-2H3,(H,20,21)/b18-6-. The molecule has 22 heavy (non-hydrogen) atoms. The van der Waals surface area contributed by atoms with Crippen molar-refractivity contribution in [1.29, 1.82) is 0 Å². The molecule has 0 amide bonds. The maximum atomic E-state index is 11.7. The third-order valence-electron chi connectivity index (χ3n) is 3.53. The molecule has 1 heterocycles. The molecule has 0 aliphatic carbocycles. The molecule has 0 radical (unpaired) electrons. The van der Waals surface area contributed by atoms with Crippen molar-refractivity contribution in [1.82, 2.24) is 5.32 Å². The molecule has 116 valence electrons. The van der Waals surface area contributed by atoms with Crippen LogP contribution in [0.25, 0.3) is 0 Å². The van der Waals surface area contributed by atoms with Crippen molar-refractivity contribution in [3.63, 3.8) is 0 Å². The zero-order valence-electron chi connectivity index (χ0n) is 11.9. The fourth-order valence-corrected chi connectivity index (χ4v) is 3.01.